The Kier molecular flexibility index (Phi) is 3.19. The smallest absolute Gasteiger partial charge is 0.271 e. The second kappa shape index (κ2) is 4.45. The van der Waals surface area contributed by atoms with Gasteiger partial charge in [0.05, 0.1) is 6.33 Å². The average Bonchev–Trinajstić information content (AvgIpc) is 2.23. The van der Waals surface area contributed by atoms with E-state index in [4.69, 9.17) is 11.6 Å². The van der Waals surface area contributed by atoms with Crippen molar-refractivity contribution in [3.05, 3.63) is 21.7 Å². The number of hydrogen-bond acceptors (Lipinski definition) is 3. The molecular weight excluding hydrogens is 226 g/mol. The van der Waals surface area contributed by atoms with Gasteiger partial charge in [0.2, 0.25) is 0 Å². The highest BCUT2D eigenvalue weighted by Crippen LogP contribution is 2.43. The molecule has 0 bridgehead atoms. The van der Waals surface area contributed by atoms with E-state index in [9.17, 15) is 4.79 Å². The Balaban J connectivity index is 2.04. The van der Waals surface area contributed by atoms with E-state index in [0.717, 1.165) is 13.0 Å². The largest absolute Gasteiger partial charge is 0.368 e. The lowest BCUT2D eigenvalue weighted by molar-refractivity contribution is 0.145. The predicted molar refractivity (Wildman–Crippen MR) is 64.9 cm³/mol. The van der Waals surface area contributed by atoms with E-state index < -0.39 is 0 Å². The highest BCUT2D eigenvalue weighted by Gasteiger charge is 2.34. The average molecular weight is 242 g/mol. The third kappa shape index (κ3) is 2.07. The Morgan fingerprint density at radius 2 is 2.38 bits per heavy atom. The number of anilines is 1. The summed E-state index contributed by atoms with van der Waals surface area (Å²) < 4.78 is 0. The highest BCUT2D eigenvalue weighted by molar-refractivity contribution is 6.32. The quantitative estimate of drug-likeness (QED) is 0.851. The molecule has 16 heavy (non-hydrogen) atoms. The van der Waals surface area contributed by atoms with Crippen LogP contribution >= 0.6 is 11.6 Å². The van der Waals surface area contributed by atoms with Crippen molar-refractivity contribution in [1.29, 1.82) is 0 Å². The molecule has 1 saturated carbocycles. The molecule has 0 spiro atoms. The molecule has 0 amide bonds. The van der Waals surface area contributed by atoms with E-state index in [-0.39, 0.29) is 10.6 Å². The Morgan fingerprint density at radius 1 is 1.62 bits per heavy atom. The molecule has 5 heteroatoms. The van der Waals surface area contributed by atoms with Crippen LogP contribution < -0.4 is 10.9 Å². The molecular formula is C11H16ClN3O. The van der Waals surface area contributed by atoms with Crippen LogP contribution in [0, 0.1) is 5.41 Å². The molecule has 1 aromatic heterocycles. The predicted octanol–water partition coefficient (Wildman–Crippen LogP) is 2.42. The molecule has 1 heterocycles. The summed E-state index contributed by atoms with van der Waals surface area (Å²) in [5, 5.41) is 3.33. The lowest BCUT2D eigenvalue weighted by atomic mass is 9.67. The van der Waals surface area contributed by atoms with Crippen molar-refractivity contribution < 1.29 is 0 Å². The number of H-pyrrole nitrogens is 1. The number of nitrogens with zero attached hydrogens (tertiary/aromatic N) is 1. The summed E-state index contributed by atoms with van der Waals surface area (Å²) in [4.78, 5) is 17.7. The Labute approximate surface area is 99.4 Å². The van der Waals surface area contributed by atoms with E-state index in [0.29, 0.717) is 11.2 Å². The van der Waals surface area contributed by atoms with Crippen LogP contribution in [-0.2, 0) is 0 Å². The Hall–Kier alpha value is -1.03. The van der Waals surface area contributed by atoms with Crippen LogP contribution in [0.25, 0.3) is 0 Å². The first kappa shape index (κ1) is 11.5. The normalized spacial score (nSPS) is 17.9. The summed E-state index contributed by atoms with van der Waals surface area (Å²) in [6, 6.07) is 0. The first-order valence-corrected chi connectivity index (χ1v) is 6.02. The van der Waals surface area contributed by atoms with Gasteiger partial charge < -0.3 is 10.3 Å². The van der Waals surface area contributed by atoms with Gasteiger partial charge in [0.25, 0.3) is 5.56 Å². The van der Waals surface area contributed by atoms with Crippen molar-refractivity contribution in [3.8, 4) is 0 Å². The standard InChI is InChI=1S/C11H16ClN3O/c1-2-11(4-3-5-11)6-13-9-8(12)10(16)15-7-14-9/h7H,2-6H2,1H3,(H2,13,14,15,16). The zero-order valence-corrected chi connectivity index (χ0v) is 10.1. The molecule has 2 rings (SSSR count). The zero-order valence-electron chi connectivity index (χ0n) is 9.35. The summed E-state index contributed by atoms with van der Waals surface area (Å²) in [7, 11) is 0. The highest BCUT2D eigenvalue weighted by atomic mass is 35.5. The van der Waals surface area contributed by atoms with Gasteiger partial charge in [-0.2, -0.15) is 0 Å². The fourth-order valence-electron chi connectivity index (χ4n) is 2.11. The maximum absolute atomic E-state index is 11.2. The minimum absolute atomic E-state index is 0.146. The summed E-state index contributed by atoms with van der Waals surface area (Å²) in [6.45, 7) is 3.05. The maximum atomic E-state index is 11.2. The van der Waals surface area contributed by atoms with Crippen molar-refractivity contribution in [2.24, 2.45) is 5.41 Å². The molecule has 0 aromatic carbocycles. The van der Waals surface area contributed by atoms with E-state index in [1.807, 2.05) is 0 Å². The van der Waals surface area contributed by atoms with E-state index >= 15 is 0 Å². The molecule has 0 saturated heterocycles. The van der Waals surface area contributed by atoms with Crippen molar-refractivity contribution in [1.82, 2.24) is 9.97 Å². The van der Waals surface area contributed by atoms with Crippen LogP contribution in [0.5, 0.6) is 0 Å². The minimum atomic E-state index is -0.293. The molecule has 0 unspecified atom stereocenters. The van der Waals surface area contributed by atoms with Crippen LogP contribution in [0.15, 0.2) is 11.1 Å². The summed E-state index contributed by atoms with van der Waals surface area (Å²) in [6.07, 6.45) is 6.32. The minimum Gasteiger partial charge on any atom is -0.368 e. The molecule has 2 N–H and O–H groups in total. The van der Waals surface area contributed by atoms with Gasteiger partial charge in [0.1, 0.15) is 5.02 Å². The molecule has 0 atom stereocenters. The molecule has 1 fully saturated rings. The van der Waals surface area contributed by atoms with Gasteiger partial charge in [-0.3, -0.25) is 4.79 Å². The third-order valence-corrected chi connectivity index (χ3v) is 3.94. The summed E-state index contributed by atoms with van der Waals surface area (Å²) >= 11 is 5.86. The third-order valence-electron chi connectivity index (χ3n) is 3.59. The van der Waals surface area contributed by atoms with E-state index in [1.54, 1.807) is 0 Å². The molecule has 0 radical (unpaired) electrons. The number of halogens is 1. The van der Waals surface area contributed by atoms with Gasteiger partial charge >= 0.3 is 0 Å². The van der Waals surface area contributed by atoms with Crippen molar-refractivity contribution >= 4 is 17.4 Å². The Bertz CT molecular complexity index is 420. The molecule has 1 aliphatic carbocycles. The number of nitrogens with one attached hydrogen (secondary N) is 2. The second-order valence-electron chi connectivity index (χ2n) is 4.45. The number of aromatic nitrogens is 2. The first-order chi connectivity index (χ1) is 7.67. The first-order valence-electron chi connectivity index (χ1n) is 5.64. The second-order valence-corrected chi connectivity index (χ2v) is 4.83. The topological polar surface area (TPSA) is 57.8 Å². The molecule has 0 aliphatic heterocycles. The van der Waals surface area contributed by atoms with Crippen LogP contribution in [0.3, 0.4) is 0 Å². The molecule has 1 aromatic rings. The molecule has 4 nitrogen and oxygen atoms in total. The molecule has 1 aliphatic rings. The SMILES string of the molecule is CCC1(CNc2nc[nH]c(=O)c2Cl)CCC1. The van der Waals surface area contributed by atoms with E-state index in [2.05, 4.69) is 22.2 Å². The van der Waals surface area contributed by atoms with Crippen molar-refractivity contribution in [2.75, 3.05) is 11.9 Å². The fraction of sp³-hybridized carbons (Fsp3) is 0.636. The van der Waals surface area contributed by atoms with Crippen LogP contribution in [0.1, 0.15) is 32.6 Å². The number of hydrogen-bond donors (Lipinski definition) is 2. The van der Waals surface area contributed by atoms with Crippen molar-refractivity contribution in [3.63, 3.8) is 0 Å². The van der Waals surface area contributed by atoms with Crippen LogP contribution in [0.2, 0.25) is 5.02 Å². The summed E-state index contributed by atoms with van der Waals surface area (Å²) in [5.41, 5.74) is 0.0893. The zero-order chi connectivity index (χ0) is 11.6. The monoisotopic (exact) mass is 241 g/mol. The number of rotatable bonds is 4. The van der Waals surface area contributed by atoms with Gasteiger partial charge in [-0.05, 0) is 24.7 Å². The van der Waals surface area contributed by atoms with Gasteiger partial charge in [-0.15, -0.1) is 0 Å². The van der Waals surface area contributed by atoms with Crippen LogP contribution in [0.4, 0.5) is 5.82 Å². The number of aromatic amines is 1. The van der Waals surface area contributed by atoms with Gasteiger partial charge in [-0.25, -0.2) is 4.98 Å². The van der Waals surface area contributed by atoms with Gasteiger partial charge in [-0.1, -0.05) is 24.9 Å². The van der Waals surface area contributed by atoms with E-state index in [1.165, 1.54) is 25.6 Å². The lowest BCUT2D eigenvalue weighted by Gasteiger charge is -2.41. The van der Waals surface area contributed by atoms with Gasteiger partial charge in [0.15, 0.2) is 5.82 Å². The summed E-state index contributed by atoms with van der Waals surface area (Å²) in [5.74, 6) is 0.491. The lowest BCUT2D eigenvalue weighted by Crippen LogP contribution is -2.36. The Morgan fingerprint density at radius 3 is 2.94 bits per heavy atom. The fourth-order valence-corrected chi connectivity index (χ4v) is 2.28. The van der Waals surface area contributed by atoms with Crippen LogP contribution in [-0.4, -0.2) is 16.5 Å². The van der Waals surface area contributed by atoms with Crippen molar-refractivity contribution in [2.45, 2.75) is 32.6 Å². The molecule has 88 valence electrons. The van der Waals surface area contributed by atoms with Gasteiger partial charge in [0, 0.05) is 6.54 Å². The maximum Gasteiger partial charge on any atom is 0.271 e.